The monoisotopic (exact) mass is 296 g/mol. The Hall–Kier alpha value is -0.610. The first-order valence-electron chi connectivity index (χ1n) is 8.45. The lowest BCUT2D eigenvalue weighted by Crippen LogP contribution is -2.55. The number of carbonyl (C=O) groups excluding carboxylic acids is 1. The van der Waals surface area contributed by atoms with Crippen molar-refractivity contribution in [2.24, 2.45) is 17.1 Å². The lowest BCUT2D eigenvalue weighted by molar-refractivity contribution is -0.143. The van der Waals surface area contributed by atoms with Crippen molar-refractivity contribution in [3.8, 4) is 0 Å². The lowest BCUT2D eigenvalue weighted by Gasteiger charge is -2.47. The minimum atomic E-state index is -0.511. The van der Waals surface area contributed by atoms with Gasteiger partial charge in [-0.05, 0) is 31.1 Å². The summed E-state index contributed by atoms with van der Waals surface area (Å²) >= 11 is 0. The van der Waals surface area contributed by atoms with Gasteiger partial charge in [0.2, 0.25) is 5.91 Å². The minimum Gasteiger partial charge on any atom is -0.389 e. The molecule has 21 heavy (non-hydrogen) atoms. The average Bonchev–Trinajstić information content (AvgIpc) is 2.35. The van der Waals surface area contributed by atoms with Gasteiger partial charge in [0.25, 0.3) is 0 Å². The summed E-state index contributed by atoms with van der Waals surface area (Å²) in [5.74, 6) is 0.433. The fourth-order valence-corrected chi connectivity index (χ4v) is 4.01. The van der Waals surface area contributed by atoms with Crippen molar-refractivity contribution in [3.05, 3.63) is 0 Å². The molecule has 3 N–H and O–H groups in total. The molecule has 0 aromatic carbocycles. The van der Waals surface area contributed by atoms with E-state index >= 15 is 0 Å². The fraction of sp³-hybridized carbons (Fsp3) is 0.941. The number of amides is 1. The van der Waals surface area contributed by atoms with E-state index in [1.54, 1.807) is 0 Å². The third-order valence-electron chi connectivity index (χ3n) is 5.09. The smallest absolute Gasteiger partial charge is 0.224 e. The molecule has 4 heteroatoms. The number of aliphatic hydroxyl groups is 1. The molecule has 1 amide bonds. The van der Waals surface area contributed by atoms with Crippen LogP contribution in [0.25, 0.3) is 0 Å². The van der Waals surface area contributed by atoms with E-state index in [0.29, 0.717) is 13.0 Å². The van der Waals surface area contributed by atoms with Gasteiger partial charge in [0.1, 0.15) is 0 Å². The molecule has 1 aliphatic carbocycles. The Labute approximate surface area is 129 Å². The van der Waals surface area contributed by atoms with Crippen LogP contribution in [-0.4, -0.2) is 40.6 Å². The van der Waals surface area contributed by atoms with Crippen molar-refractivity contribution in [1.82, 2.24) is 4.90 Å². The molecule has 1 saturated heterocycles. The molecular weight excluding hydrogens is 264 g/mol. The highest BCUT2D eigenvalue weighted by atomic mass is 16.3. The number of carbonyl (C=O) groups is 1. The van der Waals surface area contributed by atoms with Crippen LogP contribution in [0.1, 0.15) is 65.7 Å². The third kappa shape index (κ3) is 4.43. The molecule has 0 spiro atoms. The van der Waals surface area contributed by atoms with Crippen molar-refractivity contribution >= 4 is 5.91 Å². The van der Waals surface area contributed by atoms with Crippen molar-refractivity contribution in [3.63, 3.8) is 0 Å². The average molecular weight is 296 g/mol. The van der Waals surface area contributed by atoms with Crippen molar-refractivity contribution in [2.45, 2.75) is 77.4 Å². The molecule has 1 heterocycles. The quantitative estimate of drug-likeness (QED) is 0.840. The normalized spacial score (nSPS) is 31.7. The van der Waals surface area contributed by atoms with Crippen LogP contribution in [0.15, 0.2) is 0 Å². The van der Waals surface area contributed by atoms with Crippen LogP contribution in [-0.2, 0) is 4.79 Å². The molecule has 3 unspecified atom stereocenters. The second kappa shape index (κ2) is 6.25. The van der Waals surface area contributed by atoms with E-state index in [4.69, 9.17) is 5.73 Å². The second-order valence-corrected chi connectivity index (χ2v) is 8.37. The van der Waals surface area contributed by atoms with Gasteiger partial charge in [0.05, 0.1) is 5.60 Å². The number of nitrogens with zero attached hydrogens (tertiary/aromatic N) is 1. The molecule has 4 nitrogen and oxygen atoms in total. The highest BCUT2D eigenvalue weighted by Crippen LogP contribution is 2.39. The molecule has 2 aliphatic rings. The van der Waals surface area contributed by atoms with Gasteiger partial charge in [-0.3, -0.25) is 4.79 Å². The number of hydrogen-bond donors (Lipinski definition) is 2. The van der Waals surface area contributed by atoms with Crippen LogP contribution in [0.4, 0.5) is 0 Å². The standard InChI is InChI=1S/C17H32N2O2/c1-16(2,3)11-14(18)10-15(20)19-9-8-17(21)7-5-4-6-13(17)12-19/h13-14,21H,4-12,18H2,1-3H3. The largest absolute Gasteiger partial charge is 0.389 e. The van der Waals surface area contributed by atoms with Crippen molar-refractivity contribution < 1.29 is 9.90 Å². The number of rotatable bonds is 3. The molecule has 0 radical (unpaired) electrons. The zero-order chi connectivity index (χ0) is 15.7. The van der Waals surface area contributed by atoms with Crippen LogP contribution in [0.2, 0.25) is 0 Å². The lowest BCUT2D eigenvalue weighted by atomic mass is 9.71. The molecule has 122 valence electrons. The fourth-order valence-electron chi connectivity index (χ4n) is 4.01. The first-order valence-corrected chi connectivity index (χ1v) is 8.45. The zero-order valence-electron chi connectivity index (χ0n) is 13.9. The van der Waals surface area contributed by atoms with Crippen LogP contribution in [0.3, 0.4) is 0 Å². The van der Waals surface area contributed by atoms with Gasteiger partial charge < -0.3 is 15.7 Å². The van der Waals surface area contributed by atoms with Gasteiger partial charge in [-0.1, -0.05) is 33.6 Å². The van der Waals surface area contributed by atoms with Crippen LogP contribution in [0.5, 0.6) is 0 Å². The van der Waals surface area contributed by atoms with Crippen LogP contribution < -0.4 is 5.73 Å². The Morgan fingerprint density at radius 3 is 2.76 bits per heavy atom. The highest BCUT2D eigenvalue weighted by Gasteiger charge is 2.43. The number of fused-ring (bicyclic) bond motifs is 1. The van der Waals surface area contributed by atoms with Gasteiger partial charge in [0.15, 0.2) is 0 Å². The van der Waals surface area contributed by atoms with E-state index in [0.717, 1.165) is 38.6 Å². The van der Waals surface area contributed by atoms with Crippen molar-refractivity contribution in [1.29, 1.82) is 0 Å². The Morgan fingerprint density at radius 1 is 1.38 bits per heavy atom. The van der Waals surface area contributed by atoms with E-state index in [-0.39, 0.29) is 23.3 Å². The van der Waals surface area contributed by atoms with Gasteiger partial charge in [0, 0.05) is 31.5 Å². The number of nitrogens with two attached hydrogens (primary N) is 1. The first-order chi connectivity index (χ1) is 9.70. The summed E-state index contributed by atoms with van der Waals surface area (Å²) in [5, 5.41) is 10.7. The molecule has 1 saturated carbocycles. The summed E-state index contributed by atoms with van der Waals surface area (Å²) in [6.07, 6.45) is 6.29. The minimum absolute atomic E-state index is 0.0651. The van der Waals surface area contributed by atoms with E-state index in [2.05, 4.69) is 20.8 Å². The summed E-state index contributed by atoms with van der Waals surface area (Å²) in [7, 11) is 0. The van der Waals surface area contributed by atoms with E-state index in [1.807, 2.05) is 4.90 Å². The summed E-state index contributed by atoms with van der Waals surface area (Å²) in [4.78, 5) is 14.4. The Morgan fingerprint density at radius 2 is 2.10 bits per heavy atom. The molecule has 3 atom stereocenters. The molecule has 1 aliphatic heterocycles. The summed E-state index contributed by atoms with van der Waals surface area (Å²) in [5.41, 5.74) is 5.77. The number of likely N-dealkylation sites (tertiary alicyclic amines) is 1. The van der Waals surface area contributed by atoms with Gasteiger partial charge in [-0.2, -0.15) is 0 Å². The maximum Gasteiger partial charge on any atom is 0.224 e. The molecular formula is C17H32N2O2. The van der Waals surface area contributed by atoms with E-state index in [9.17, 15) is 9.90 Å². The van der Waals surface area contributed by atoms with Gasteiger partial charge >= 0.3 is 0 Å². The van der Waals surface area contributed by atoms with Crippen molar-refractivity contribution in [2.75, 3.05) is 13.1 Å². The first kappa shape index (κ1) is 16.8. The maximum atomic E-state index is 12.4. The summed E-state index contributed by atoms with van der Waals surface area (Å²) in [6.45, 7) is 7.87. The molecule has 2 fully saturated rings. The molecule has 0 aromatic rings. The van der Waals surface area contributed by atoms with Crippen LogP contribution in [0, 0.1) is 11.3 Å². The summed E-state index contributed by atoms with van der Waals surface area (Å²) in [6, 6.07) is -0.0651. The highest BCUT2D eigenvalue weighted by molar-refractivity contribution is 5.77. The second-order valence-electron chi connectivity index (χ2n) is 8.37. The topological polar surface area (TPSA) is 66.6 Å². The number of piperidine rings is 1. The Kier molecular flexibility index (Phi) is 4.99. The maximum absolute atomic E-state index is 12.4. The SMILES string of the molecule is CC(C)(C)CC(N)CC(=O)N1CCC2(O)CCCCC2C1. The molecule has 0 bridgehead atoms. The molecule has 0 aromatic heterocycles. The third-order valence-corrected chi connectivity index (χ3v) is 5.09. The zero-order valence-corrected chi connectivity index (χ0v) is 13.9. The van der Waals surface area contributed by atoms with Gasteiger partial charge in [-0.25, -0.2) is 0 Å². The molecule has 2 rings (SSSR count). The number of hydrogen-bond acceptors (Lipinski definition) is 3. The van der Waals surface area contributed by atoms with Gasteiger partial charge in [-0.15, -0.1) is 0 Å². The van der Waals surface area contributed by atoms with E-state index in [1.165, 1.54) is 6.42 Å². The van der Waals surface area contributed by atoms with Crippen LogP contribution >= 0.6 is 0 Å². The summed E-state index contributed by atoms with van der Waals surface area (Å²) < 4.78 is 0. The Bertz CT molecular complexity index is 377. The Balaban J connectivity index is 1.87. The predicted molar refractivity (Wildman–Crippen MR) is 84.8 cm³/mol. The van der Waals surface area contributed by atoms with E-state index < -0.39 is 5.60 Å². The predicted octanol–water partition coefficient (Wildman–Crippen LogP) is 2.29.